The van der Waals surface area contributed by atoms with E-state index in [4.69, 9.17) is 21.1 Å². The first-order valence-corrected chi connectivity index (χ1v) is 12.2. The summed E-state index contributed by atoms with van der Waals surface area (Å²) >= 11 is 6.14. The fraction of sp³-hybridized carbons (Fsp3) is 0.556. The number of benzene rings is 2. The highest BCUT2D eigenvalue weighted by atomic mass is 35.5. The van der Waals surface area contributed by atoms with Crippen LogP contribution in [0.2, 0.25) is 5.02 Å². The van der Waals surface area contributed by atoms with Crippen LogP contribution in [0.4, 0.5) is 0 Å². The molecule has 0 amide bonds. The molecule has 2 aromatic rings. The van der Waals surface area contributed by atoms with Gasteiger partial charge >= 0.3 is 0 Å². The fourth-order valence-corrected chi connectivity index (χ4v) is 7.21. The van der Waals surface area contributed by atoms with Gasteiger partial charge in [-0.2, -0.15) is 0 Å². The average molecular weight is 440 g/mol. The molecule has 6 rings (SSSR count). The summed E-state index contributed by atoms with van der Waals surface area (Å²) in [5.41, 5.74) is 2.70. The van der Waals surface area contributed by atoms with Crippen molar-refractivity contribution in [3.8, 4) is 11.5 Å². The zero-order chi connectivity index (χ0) is 21.4. The van der Waals surface area contributed by atoms with Crippen LogP contribution in [0.3, 0.4) is 0 Å². The molecule has 0 saturated heterocycles. The molecule has 0 aromatic heterocycles. The molecule has 0 radical (unpaired) electrons. The molecule has 31 heavy (non-hydrogen) atoms. The minimum Gasteiger partial charge on any atom is -0.493 e. The lowest BCUT2D eigenvalue weighted by Gasteiger charge is -2.59. The Hall–Kier alpha value is -1.71. The van der Waals surface area contributed by atoms with Gasteiger partial charge in [0.1, 0.15) is 6.61 Å². The van der Waals surface area contributed by atoms with E-state index in [9.17, 15) is 0 Å². The van der Waals surface area contributed by atoms with Gasteiger partial charge in [-0.15, -0.1) is 0 Å². The van der Waals surface area contributed by atoms with Crippen molar-refractivity contribution in [3.63, 3.8) is 0 Å². The monoisotopic (exact) mass is 439 g/mol. The first-order chi connectivity index (χ1) is 15.0. The molecular formula is C27H34ClNO2. The largest absolute Gasteiger partial charge is 0.493 e. The zero-order valence-corrected chi connectivity index (χ0v) is 19.5. The maximum atomic E-state index is 6.26. The van der Waals surface area contributed by atoms with Crippen LogP contribution in [0, 0.1) is 23.2 Å². The minimum atomic E-state index is 0.471. The molecule has 4 aliphatic rings. The summed E-state index contributed by atoms with van der Waals surface area (Å²) in [6.45, 7) is 3.68. The molecular weight excluding hydrogens is 406 g/mol. The van der Waals surface area contributed by atoms with Crippen LogP contribution < -0.4 is 14.8 Å². The molecule has 1 N–H and O–H groups in total. The first kappa shape index (κ1) is 21.2. The van der Waals surface area contributed by atoms with Crippen LogP contribution in [0.1, 0.15) is 56.6 Å². The molecule has 1 atom stereocenters. The number of methoxy groups -OCH3 is 1. The molecule has 4 heteroatoms. The number of rotatable bonds is 8. The Morgan fingerprint density at radius 3 is 2.35 bits per heavy atom. The summed E-state index contributed by atoms with van der Waals surface area (Å²) in [4.78, 5) is 0. The highest BCUT2D eigenvalue weighted by Gasteiger charge is 2.52. The van der Waals surface area contributed by atoms with E-state index in [1.54, 1.807) is 7.11 Å². The van der Waals surface area contributed by atoms with Gasteiger partial charge in [-0.05, 0) is 92.4 Å². The molecule has 166 valence electrons. The molecule has 0 spiro atoms. The second-order valence-electron chi connectivity index (χ2n) is 10.2. The van der Waals surface area contributed by atoms with E-state index in [2.05, 4.69) is 24.4 Å². The van der Waals surface area contributed by atoms with Gasteiger partial charge in [-0.1, -0.05) is 35.9 Å². The molecule has 4 saturated carbocycles. The van der Waals surface area contributed by atoms with Crippen molar-refractivity contribution in [3.05, 3.63) is 58.6 Å². The molecule has 1 unspecified atom stereocenters. The highest BCUT2D eigenvalue weighted by Crippen LogP contribution is 2.61. The molecule has 0 aliphatic heterocycles. The van der Waals surface area contributed by atoms with Crippen molar-refractivity contribution in [2.45, 2.75) is 64.6 Å². The number of hydrogen-bond donors (Lipinski definition) is 1. The van der Waals surface area contributed by atoms with Crippen LogP contribution in [-0.2, 0) is 13.2 Å². The fourth-order valence-electron chi connectivity index (χ4n) is 6.99. The van der Waals surface area contributed by atoms with E-state index in [0.29, 0.717) is 18.1 Å². The van der Waals surface area contributed by atoms with Crippen molar-refractivity contribution in [1.29, 1.82) is 0 Å². The quantitative estimate of drug-likeness (QED) is 0.501. The lowest BCUT2D eigenvalue weighted by Crippen LogP contribution is -2.54. The lowest BCUT2D eigenvalue weighted by molar-refractivity contribution is -0.0706. The van der Waals surface area contributed by atoms with E-state index in [1.165, 1.54) is 38.5 Å². The standard InChI is InChI=1S/C27H34ClNO2/c1-18(27-13-20-9-21(14-27)11-22(10-20)15-27)29-16-23-6-4-8-25(30-2)26(23)31-17-19-5-3-7-24(28)12-19/h3-8,12,18,20-22,29H,9-11,13-17H2,1-2H3. The summed E-state index contributed by atoms with van der Waals surface area (Å²) in [5.74, 6) is 4.54. The van der Waals surface area contributed by atoms with E-state index >= 15 is 0 Å². The Labute approximate surface area is 191 Å². The Bertz CT molecular complexity index is 892. The Morgan fingerprint density at radius 2 is 1.71 bits per heavy atom. The molecule has 3 nitrogen and oxygen atoms in total. The second kappa shape index (κ2) is 8.67. The van der Waals surface area contributed by atoms with Gasteiger partial charge in [0.25, 0.3) is 0 Å². The third-order valence-electron chi connectivity index (χ3n) is 8.16. The SMILES string of the molecule is COc1cccc(CNC(C)C23CC4CC(CC(C4)C2)C3)c1OCc1cccc(Cl)c1. The summed E-state index contributed by atoms with van der Waals surface area (Å²) in [6, 6.07) is 14.5. The average Bonchev–Trinajstić information content (AvgIpc) is 2.75. The van der Waals surface area contributed by atoms with Crippen molar-refractivity contribution >= 4 is 11.6 Å². The van der Waals surface area contributed by atoms with Gasteiger partial charge in [-0.3, -0.25) is 0 Å². The number of ether oxygens (including phenoxy) is 2. The summed E-state index contributed by atoms with van der Waals surface area (Å²) < 4.78 is 11.9. The van der Waals surface area contributed by atoms with E-state index < -0.39 is 0 Å². The van der Waals surface area contributed by atoms with Crippen LogP contribution in [0.15, 0.2) is 42.5 Å². The van der Waals surface area contributed by atoms with Gasteiger partial charge in [0.05, 0.1) is 7.11 Å². The van der Waals surface area contributed by atoms with Gasteiger partial charge in [0.2, 0.25) is 0 Å². The van der Waals surface area contributed by atoms with Crippen molar-refractivity contribution in [2.24, 2.45) is 23.2 Å². The molecule has 2 aromatic carbocycles. The van der Waals surface area contributed by atoms with Gasteiger partial charge in [-0.25, -0.2) is 0 Å². The van der Waals surface area contributed by atoms with E-state index in [1.807, 2.05) is 30.3 Å². The van der Waals surface area contributed by atoms with Crippen LogP contribution in [-0.4, -0.2) is 13.2 Å². The van der Waals surface area contributed by atoms with E-state index in [0.717, 1.165) is 51.9 Å². The van der Waals surface area contributed by atoms with E-state index in [-0.39, 0.29) is 0 Å². The van der Waals surface area contributed by atoms with Gasteiger partial charge in [0.15, 0.2) is 11.5 Å². The van der Waals surface area contributed by atoms with Crippen molar-refractivity contribution in [2.75, 3.05) is 7.11 Å². The molecule has 4 fully saturated rings. The minimum absolute atomic E-state index is 0.471. The third-order valence-corrected chi connectivity index (χ3v) is 8.39. The summed E-state index contributed by atoms with van der Waals surface area (Å²) in [5, 5.41) is 4.63. The van der Waals surface area contributed by atoms with Crippen LogP contribution in [0.5, 0.6) is 11.5 Å². The number of para-hydroxylation sites is 1. The normalized spacial score (nSPS) is 29.7. The zero-order valence-electron chi connectivity index (χ0n) is 18.7. The molecule has 4 aliphatic carbocycles. The molecule has 4 bridgehead atoms. The summed E-state index contributed by atoms with van der Waals surface area (Å²) in [7, 11) is 1.71. The Balaban J connectivity index is 1.29. The van der Waals surface area contributed by atoms with Crippen molar-refractivity contribution < 1.29 is 9.47 Å². The number of hydrogen-bond acceptors (Lipinski definition) is 3. The predicted molar refractivity (Wildman–Crippen MR) is 126 cm³/mol. The maximum Gasteiger partial charge on any atom is 0.166 e. The number of halogens is 1. The van der Waals surface area contributed by atoms with Crippen molar-refractivity contribution in [1.82, 2.24) is 5.32 Å². The maximum absolute atomic E-state index is 6.26. The highest BCUT2D eigenvalue weighted by molar-refractivity contribution is 6.30. The number of nitrogens with one attached hydrogen (secondary N) is 1. The van der Waals surface area contributed by atoms with Gasteiger partial charge in [0, 0.05) is 23.2 Å². The molecule has 0 heterocycles. The predicted octanol–water partition coefficient (Wildman–Crippen LogP) is 6.62. The topological polar surface area (TPSA) is 30.5 Å². The summed E-state index contributed by atoms with van der Waals surface area (Å²) in [6.07, 6.45) is 8.73. The van der Waals surface area contributed by atoms with Crippen LogP contribution in [0.25, 0.3) is 0 Å². The second-order valence-corrected chi connectivity index (χ2v) is 10.7. The lowest BCUT2D eigenvalue weighted by atomic mass is 9.48. The van der Waals surface area contributed by atoms with Gasteiger partial charge < -0.3 is 14.8 Å². The smallest absolute Gasteiger partial charge is 0.166 e. The Morgan fingerprint density at radius 1 is 1.03 bits per heavy atom. The van der Waals surface area contributed by atoms with Crippen LogP contribution >= 0.6 is 11.6 Å². The first-order valence-electron chi connectivity index (χ1n) is 11.8. The third kappa shape index (κ3) is 4.32. The Kier molecular flexibility index (Phi) is 5.92.